The number of nitrogens with one attached hydrogen (secondary N) is 2. The summed E-state index contributed by atoms with van der Waals surface area (Å²) in [6.07, 6.45) is 1.10. The summed E-state index contributed by atoms with van der Waals surface area (Å²) in [6.45, 7) is 8.22. The predicted molar refractivity (Wildman–Crippen MR) is 79.0 cm³/mol. The van der Waals surface area contributed by atoms with Crippen molar-refractivity contribution in [2.45, 2.75) is 25.0 Å². The van der Waals surface area contributed by atoms with Gasteiger partial charge in [0.25, 0.3) is 0 Å². The van der Waals surface area contributed by atoms with Gasteiger partial charge in [0.05, 0.1) is 0 Å². The number of rotatable bonds is 8. The summed E-state index contributed by atoms with van der Waals surface area (Å²) in [5.74, 6) is 0. The summed E-state index contributed by atoms with van der Waals surface area (Å²) in [7, 11) is 0. The van der Waals surface area contributed by atoms with Crippen LogP contribution in [0.5, 0.6) is 0 Å². The monoisotopic (exact) mass is 252 g/mol. The van der Waals surface area contributed by atoms with E-state index in [1.165, 1.54) is 5.56 Å². The van der Waals surface area contributed by atoms with E-state index >= 15 is 0 Å². The van der Waals surface area contributed by atoms with Gasteiger partial charge in [0.2, 0.25) is 0 Å². The molecular formula is C14H24N2S. The molecular weight excluding hydrogens is 228 g/mol. The third-order valence-corrected chi connectivity index (χ3v) is 2.63. The normalized spacial score (nSPS) is 11.7. The van der Waals surface area contributed by atoms with Crippen LogP contribution in [-0.4, -0.2) is 30.9 Å². The molecule has 0 aliphatic heterocycles. The molecule has 17 heavy (non-hydrogen) atoms. The molecule has 1 rings (SSSR count). The molecule has 2 N–H and O–H groups in total. The molecule has 96 valence electrons. The van der Waals surface area contributed by atoms with Crippen LogP contribution in [0.1, 0.15) is 19.4 Å². The molecule has 0 amide bonds. The summed E-state index contributed by atoms with van der Waals surface area (Å²) in [6, 6.07) is 10.6. The Labute approximate surface area is 111 Å². The van der Waals surface area contributed by atoms with E-state index in [9.17, 15) is 0 Å². The highest BCUT2D eigenvalue weighted by Gasteiger charge is 2.09. The molecule has 0 radical (unpaired) electrons. The zero-order valence-electron chi connectivity index (χ0n) is 10.9. The van der Waals surface area contributed by atoms with Crippen molar-refractivity contribution in [3.8, 4) is 0 Å². The van der Waals surface area contributed by atoms with Gasteiger partial charge in [-0.15, -0.1) is 0 Å². The number of benzene rings is 1. The van der Waals surface area contributed by atoms with Crippen molar-refractivity contribution in [3.05, 3.63) is 35.9 Å². The van der Waals surface area contributed by atoms with Gasteiger partial charge in [-0.1, -0.05) is 30.3 Å². The first-order valence-electron chi connectivity index (χ1n) is 6.26. The van der Waals surface area contributed by atoms with Crippen molar-refractivity contribution >= 4 is 12.6 Å². The molecule has 0 fully saturated rings. The van der Waals surface area contributed by atoms with E-state index in [0.717, 1.165) is 32.6 Å². The van der Waals surface area contributed by atoms with Crippen LogP contribution in [0.2, 0.25) is 0 Å². The minimum atomic E-state index is 0.0735. The highest BCUT2D eigenvalue weighted by Crippen LogP contribution is 2.08. The second-order valence-corrected chi connectivity index (χ2v) is 6.19. The Hall–Kier alpha value is -0.510. The third-order valence-electron chi connectivity index (χ3n) is 2.47. The van der Waals surface area contributed by atoms with Crippen LogP contribution < -0.4 is 10.6 Å². The van der Waals surface area contributed by atoms with E-state index in [1.54, 1.807) is 0 Å². The minimum absolute atomic E-state index is 0.0735. The lowest BCUT2D eigenvalue weighted by atomic mass is 10.1. The summed E-state index contributed by atoms with van der Waals surface area (Å²) < 4.78 is 0.0735. The Balaban J connectivity index is 1.95. The average molecular weight is 252 g/mol. The van der Waals surface area contributed by atoms with Crippen LogP contribution in [0.25, 0.3) is 0 Å². The SMILES string of the molecule is CC(C)(S)CNCCNCCc1ccccc1. The molecule has 0 bridgehead atoms. The van der Waals surface area contributed by atoms with Crippen molar-refractivity contribution < 1.29 is 0 Å². The lowest BCUT2D eigenvalue weighted by Gasteiger charge is -2.17. The van der Waals surface area contributed by atoms with Gasteiger partial charge in [0.15, 0.2) is 0 Å². The molecule has 0 aliphatic rings. The molecule has 2 nitrogen and oxygen atoms in total. The topological polar surface area (TPSA) is 24.1 Å². The van der Waals surface area contributed by atoms with Gasteiger partial charge < -0.3 is 10.6 Å². The summed E-state index contributed by atoms with van der Waals surface area (Å²) in [4.78, 5) is 0. The lowest BCUT2D eigenvalue weighted by molar-refractivity contribution is 0.565. The fourth-order valence-electron chi connectivity index (χ4n) is 1.57. The zero-order valence-corrected chi connectivity index (χ0v) is 11.8. The van der Waals surface area contributed by atoms with Crippen LogP contribution in [0.15, 0.2) is 30.3 Å². The van der Waals surface area contributed by atoms with Crippen molar-refractivity contribution in [1.82, 2.24) is 10.6 Å². The van der Waals surface area contributed by atoms with Crippen LogP contribution in [0.3, 0.4) is 0 Å². The largest absolute Gasteiger partial charge is 0.315 e. The Bertz CT molecular complexity index is 293. The first-order valence-corrected chi connectivity index (χ1v) is 6.70. The molecule has 0 heterocycles. The van der Waals surface area contributed by atoms with Gasteiger partial charge in [0.1, 0.15) is 0 Å². The van der Waals surface area contributed by atoms with Crippen molar-refractivity contribution in [2.24, 2.45) is 0 Å². The molecule has 1 aromatic carbocycles. The van der Waals surface area contributed by atoms with Crippen molar-refractivity contribution in [2.75, 3.05) is 26.2 Å². The smallest absolute Gasteiger partial charge is 0.0198 e. The maximum atomic E-state index is 4.46. The van der Waals surface area contributed by atoms with E-state index < -0.39 is 0 Å². The highest BCUT2D eigenvalue weighted by molar-refractivity contribution is 7.81. The minimum Gasteiger partial charge on any atom is -0.315 e. The Morgan fingerprint density at radius 2 is 1.65 bits per heavy atom. The highest BCUT2D eigenvalue weighted by atomic mass is 32.1. The van der Waals surface area contributed by atoms with E-state index in [1.807, 2.05) is 0 Å². The molecule has 0 aromatic heterocycles. The summed E-state index contributed by atoms with van der Waals surface area (Å²) >= 11 is 4.46. The van der Waals surface area contributed by atoms with Gasteiger partial charge >= 0.3 is 0 Å². The molecule has 3 heteroatoms. The Morgan fingerprint density at radius 1 is 1.00 bits per heavy atom. The zero-order chi connectivity index (χ0) is 12.6. The number of hydrogen-bond acceptors (Lipinski definition) is 3. The maximum Gasteiger partial charge on any atom is 0.0198 e. The van der Waals surface area contributed by atoms with Crippen LogP contribution >= 0.6 is 12.6 Å². The van der Waals surface area contributed by atoms with Gasteiger partial charge in [-0.05, 0) is 32.4 Å². The molecule has 0 unspecified atom stereocenters. The lowest BCUT2D eigenvalue weighted by Crippen LogP contribution is -2.35. The van der Waals surface area contributed by atoms with E-state index in [-0.39, 0.29) is 4.75 Å². The van der Waals surface area contributed by atoms with Gasteiger partial charge in [-0.3, -0.25) is 0 Å². The second-order valence-electron chi connectivity index (χ2n) is 4.97. The Morgan fingerprint density at radius 3 is 2.29 bits per heavy atom. The fraction of sp³-hybridized carbons (Fsp3) is 0.571. The summed E-state index contributed by atoms with van der Waals surface area (Å²) in [5, 5.41) is 6.82. The van der Waals surface area contributed by atoms with Crippen LogP contribution in [-0.2, 0) is 6.42 Å². The Kier molecular flexibility index (Phi) is 6.63. The quantitative estimate of drug-likeness (QED) is 0.488. The first kappa shape index (κ1) is 14.6. The van der Waals surface area contributed by atoms with Crippen LogP contribution in [0.4, 0.5) is 0 Å². The molecule has 0 saturated carbocycles. The van der Waals surface area contributed by atoms with Crippen molar-refractivity contribution in [3.63, 3.8) is 0 Å². The number of thiol groups is 1. The average Bonchev–Trinajstić information content (AvgIpc) is 2.28. The molecule has 0 saturated heterocycles. The second kappa shape index (κ2) is 7.75. The maximum absolute atomic E-state index is 4.46. The third kappa shape index (κ3) is 8.25. The van der Waals surface area contributed by atoms with E-state index in [4.69, 9.17) is 0 Å². The van der Waals surface area contributed by atoms with Crippen molar-refractivity contribution in [1.29, 1.82) is 0 Å². The summed E-state index contributed by atoms with van der Waals surface area (Å²) in [5.41, 5.74) is 1.39. The molecule has 0 spiro atoms. The molecule has 1 aromatic rings. The van der Waals surface area contributed by atoms with E-state index in [0.29, 0.717) is 0 Å². The number of hydrogen-bond donors (Lipinski definition) is 3. The fourth-order valence-corrected chi connectivity index (χ4v) is 1.69. The standard InChI is InChI=1S/C14H24N2S/c1-14(2,17)12-16-11-10-15-9-8-13-6-4-3-5-7-13/h3-7,15-17H,8-12H2,1-2H3. The first-order chi connectivity index (χ1) is 8.08. The molecule has 0 aliphatic carbocycles. The van der Waals surface area contributed by atoms with Gasteiger partial charge in [-0.2, -0.15) is 12.6 Å². The predicted octanol–water partition coefficient (Wildman–Crippen LogP) is 2.12. The van der Waals surface area contributed by atoms with Gasteiger partial charge in [-0.25, -0.2) is 0 Å². The molecule has 0 atom stereocenters. The van der Waals surface area contributed by atoms with Gasteiger partial charge in [0, 0.05) is 24.4 Å². The van der Waals surface area contributed by atoms with Crippen LogP contribution in [0, 0.1) is 0 Å². The van der Waals surface area contributed by atoms with E-state index in [2.05, 4.69) is 67.4 Å².